The van der Waals surface area contributed by atoms with Crippen LogP contribution in [0.1, 0.15) is 51.5 Å². The van der Waals surface area contributed by atoms with Gasteiger partial charge < -0.3 is 19.8 Å². The van der Waals surface area contributed by atoms with Crippen molar-refractivity contribution >= 4 is 17.8 Å². The second-order valence-corrected chi connectivity index (χ2v) is 6.10. The second-order valence-electron chi connectivity index (χ2n) is 6.10. The molecule has 0 radical (unpaired) electrons. The fourth-order valence-corrected chi connectivity index (χ4v) is 2.67. The number of aryl methyl sites for hydroxylation is 1. The number of aromatic amines is 1. The van der Waals surface area contributed by atoms with Gasteiger partial charge in [0.15, 0.2) is 6.10 Å². The molecule has 27 heavy (non-hydrogen) atoms. The number of benzene rings is 1. The van der Waals surface area contributed by atoms with Crippen LogP contribution in [0.25, 0.3) is 0 Å². The number of hydrogen-bond donors (Lipinski definition) is 2. The molecular weight excluding hydrogens is 348 g/mol. The second kappa shape index (κ2) is 9.02. The van der Waals surface area contributed by atoms with Crippen molar-refractivity contribution in [3.8, 4) is 0 Å². The Morgan fingerprint density at radius 2 is 1.78 bits per heavy atom. The summed E-state index contributed by atoms with van der Waals surface area (Å²) in [6.45, 7) is 7.07. The molecule has 1 aromatic carbocycles. The van der Waals surface area contributed by atoms with Crippen molar-refractivity contribution in [3.63, 3.8) is 0 Å². The zero-order valence-corrected chi connectivity index (χ0v) is 15.9. The van der Waals surface area contributed by atoms with Gasteiger partial charge in [-0.1, -0.05) is 30.3 Å². The van der Waals surface area contributed by atoms with Crippen LogP contribution in [0.2, 0.25) is 0 Å². The number of nitrogens with one attached hydrogen (secondary N) is 2. The molecule has 2 aromatic rings. The predicted molar refractivity (Wildman–Crippen MR) is 99.4 cm³/mol. The third-order valence-corrected chi connectivity index (χ3v) is 4.08. The van der Waals surface area contributed by atoms with Gasteiger partial charge in [0.2, 0.25) is 0 Å². The smallest absolute Gasteiger partial charge is 0.355 e. The molecule has 0 bridgehead atoms. The summed E-state index contributed by atoms with van der Waals surface area (Å²) in [5, 5.41) is 2.73. The lowest BCUT2D eigenvalue weighted by Crippen LogP contribution is -2.35. The Kier molecular flexibility index (Phi) is 6.76. The minimum atomic E-state index is -0.971. The van der Waals surface area contributed by atoms with E-state index >= 15 is 0 Å². The molecular formula is C20H24N2O5. The van der Waals surface area contributed by atoms with Crippen LogP contribution in [0, 0.1) is 13.8 Å². The summed E-state index contributed by atoms with van der Waals surface area (Å²) in [4.78, 5) is 39.5. The lowest BCUT2D eigenvalue weighted by Gasteiger charge is -2.14. The zero-order valence-electron chi connectivity index (χ0n) is 15.9. The van der Waals surface area contributed by atoms with Gasteiger partial charge in [-0.15, -0.1) is 0 Å². The van der Waals surface area contributed by atoms with E-state index in [9.17, 15) is 14.4 Å². The highest BCUT2D eigenvalue weighted by Crippen LogP contribution is 2.20. The molecule has 0 spiro atoms. The molecule has 7 nitrogen and oxygen atoms in total. The normalized spacial score (nSPS) is 11.6. The maximum absolute atomic E-state index is 12.5. The predicted octanol–water partition coefficient (Wildman–Crippen LogP) is 2.67. The fraction of sp³-hybridized carbons (Fsp3) is 0.350. The average Bonchev–Trinajstić information content (AvgIpc) is 2.95. The number of esters is 2. The average molecular weight is 372 g/mol. The van der Waals surface area contributed by atoms with Crippen LogP contribution in [0.3, 0.4) is 0 Å². The Morgan fingerprint density at radius 1 is 1.11 bits per heavy atom. The number of amides is 1. The Bertz CT molecular complexity index is 826. The van der Waals surface area contributed by atoms with Crippen LogP contribution in [0.4, 0.5) is 0 Å². The molecule has 0 aliphatic heterocycles. The van der Waals surface area contributed by atoms with Crippen molar-refractivity contribution in [1.82, 2.24) is 10.3 Å². The first-order valence-corrected chi connectivity index (χ1v) is 8.74. The van der Waals surface area contributed by atoms with Crippen LogP contribution < -0.4 is 5.32 Å². The summed E-state index contributed by atoms with van der Waals surface area (Å²) in [5.74, 6) is -1.60. The highest BCUT2D eigenvalue weighted by atomic mass is 16.5. The van der Waals surface area contributed by atoms with Gasteiger partial charge in [-0.3, -0.25) is 4.79 Å². The summed E-state index contributed by atoms with van der Waals surface area (Å²) < 4.78 is 10.2. The first kappa shape index (κ1) is 20.2. The van der Waals surface area contributed by atoms with Gasteiger partial charge in [0.25, 0.3) is 5.91 Å². The molecule has 0 aliphatic rings. The fourth-order valence-electron chi connectivity index (χ4n) is 2.67. The molecule has 0 saturated heterocycles. The quantitative estimate of drug-likeness (QED) is 0.728. The van der Waals surface area contributed by atoms with Crippen LogP contribution in [-0.2, 0) is 20.8 Å². The number of hydrogen-bond acceptors (Lipinski definition) is 5. The molecule has 144 valence electrons. The standard InChI is InChI=1S/C20H24N2O5/c1-5-26-20(25)17-12(2)16(13(3)22-17)19(24)27-14(4)18(23)21-11-15-9-7-6-8-10-15/h6-10,14,22H,5,11H2,1-4H3,(H,21,23)/t14-/m0/s1. The number of ether oxygens (including phenoxy) is 2. The minimum absolute atomic E-state index is 0.211. The van der Waals surface area contributed by atoms with Crippen LogP contribution in [0.15, 0.2) is 30.3 Å². The highest BCUT2D eigenvalue weighted by molar-refractivity contribution is 5.99. The van der Waals surface area contributed by atoms with Crippen molar-refractivity contribution in [2.75, 3.05) is 6.61 Å². The zero-order chi connectivity index (χ0) is 20.0. The van der Waals surface area contributed by atoms with Gasteiger partial charge in [-0.05, 0) is 38.8 Å². The third-order valence-electron chi connectivity index (χ3n) is 4.08. The van der Waals surface area contributed by atoms with Crippen molar-refractivity contribution in [1.29, 1.82) is 0 Å². The topological polar surface area (TPSA) is 97.5 Å². The summed E-state index contributed by atoms with van der Waals surface area (Å²) in [5.41, 5.74) is 2.31. The van der Waals surface area contributed by atoms with E-state index < -0.39 is 23.9 Å². The number of H-pyrrole nitrogens is 1. The van der Waals surface area contributed by atoms with Gasteiger partial charge >= 0.3 is 11.9 Å². The minimum Gasteiger partial charge on any atom is -0.461 e. The van der Waals surface area contributed by atoms with Crippen LogP contribution in [0.5, 0.6) is 0 Å². The van der Waals surface area contributed by atoms with E-state index in [1.54, 1.807) is 20.8 Å². The summed E-state index contributed by atoms with van der Waals surface area (Å²) in [6.07, 6.45) is -0.971. The summed E-state index contributed by atoms with van der Waals surface area (Å²) >= 11 is 0. The van der Waals surface area contributed by atoms with Crippen molar-refractivity contribution in [2.24, 2.45) is 0 Å². The molecule has 1 amide bonds. The van der Waals surface area contributed by atoms with E-state index in [0.717, 1.165) is 5.56 Å². The van der Waals surface area contributed by atoms with E-state index in [1.165, 1.54) is 6.92 Å². The van der Waals surface area contributed by atoms with Gasteiger partial charge in [-0.25, -0.2) is 9.59 Å². The first-order valence-electron chi connectivity index (χ1n) is 8.74. The van der Waals surface area contributed by atoms with Crippen LogP contribution >= 0.6 is 0 Å². The molecule has 1 aromatic heterocycles. The van der Waals surface area contributed by atoms with E-state index in [-0.39, 0.29) is 17.9 Å². The molecule has 0 saturated carbocycles. The number of rotatable bonds is 7. The number of aromatic nitrogens is 1. The Labute approximate surface area is 158 Å². The van der Waals surface area contributed by atoms with Crippen molar-refractivity contribution < 1.29 is 23.9 Å². The number of carbonyl (C=O) groups is 3. The van der Waals surface area contributed by atoms with Gasteiger partial charge in [-0.2, -0.15) is 0 Å². The van der Waals surface area contributed by atoms with Crippen molar-refractivity contribution in [3.05, 3.63) is 58.4 Å². The lowest BCUT2D eigenvalue weighted by molar-refractivity contribution is -0.129. The van der Waals surface area contributed by atoms with E-state index in [4.69, 9.17) is 9.47 Å². The maximum Gasteiger partial charge on any atom is 0.355 e. The third kappa shape index (κ3) is 4.97. The van der Waals surface area contributed by atoms with Gasteiger partial charge in [0.05, 0.1) is 12.2 Å². The van der Waals surface area contributed by atoms with E-state index in [1.807, 2.05) is 30.3 Å². The Morgan fingerprint density at radius 3 is 2.41 bits per heavy atom. The molecule has 2 rings (SSSR count). The summed E-state index contributed by atoms with van der Waals surface area (Å²) in [7, 11) is 0. The van der Waals surface area contributed by atoms with Crippen molar-refractivity contribution in [2.45, 2.75) is 40.3 Å². The molecule has 1 atom stereocenters. The van der Waals surface area contributed by atoms with Gasteiger partial charge in [0.1, 0.15) is 5.69 Å². The SMILES string of the molecule is CCOC(=O)c1[nH]c(C)c(C(=O)O[C@@H](C)C(=O)NCc2ccccc2)c1C. The maximum atomic E-state index is 12.5. The lowest BCUT2D eigenvalue weighted by atomic mass is 10.1. The number of carbonyl (C=O) groups excluding carboxylic acids is 3. The Hall–Kier alpha value is -3.09. The molecule has 1 heterocycles. The van der Waals surface area contributed by atoms with E-state index in [2.05, 4.69) is 10.3 Å². The monoisotopic (exact) mass is 372 g/mol. The molecule has 0 fully saturated rings. The highest BCUT2D eigenvalue weighted by Gasteiger charge is 2.26. The molecule has 0 unspecified atom stereocenters. The van der Waals surface area contributed by atoms with Crippen LogP contribution in [-0.4, -0.2) is 35.5 Å². The summed E-state index contributed by atoms with van der Waals surface area (Å²) in [6, 6.07) is 9.43. The van der Waals surface area contributed by atoms with E-state index in [0.29, 0.717) is 17.8 Å². The molecule has 7 heteroatoms. The first-order chi connectivity index (χ1) is 12.8. The largest absolute Gasteiger partial charge is 0.461 e. The van der Waals surface area contributed by atoms with Gasteiger partial charge in [0, 0.05) is 12.2 Å². The molecule has 0 aliphatic carbocycles. The molecule has 2 N–H and O–H groups in total. The Balaban J connectivity index is 2.01.